The van der Waals surface area contributed by atoms with Crippen LogP contribution in [0.15, 0.2) is 30.3 Å². The van der Waals surface area contributed by atoms with E-state index < -0.39 is 0 Å². The summed E-state index contributed by atoms with van der Waals surface area (Å²) in [6, 6.07) is 9.91. The van der Waals surface area contributed by atoms with Crippen molar-refractivity contribution in [2.45, 2.75) is 38.1 Å². The number of aromatic amines is 1. The first-order valence-corrected chi connectivity index (χ1v) is 9.98. The van der Waals surface area contributed by atoms with Crippen LogP contribution >= 0.6 is 0 Å². The van der Waals surface area contributed by atoms with Crippen molar-refractivity contribution in [1.29, 1.82) is 0 Å². The molecule has 144 valence electrons. The van der Waals surface area contributed by atoms with E-state index in [1.807, 2.05) is 30.3 Å². The van der Waals surface area contributed by atoms with Gasteiger partial charge in [0, 0.05) is 24.7 Å². The van der Waals surface area contributed by atoms with Gasteiger partial charge in [0.1, 0.15) is 11.4 Å². The zero-order valence-corrected chi connectivity index (χ0v) is 16.0. The predicted octanol–water partition coefficient (Wildman–Crippen LogP) is 3.18. The van der Waals surface area contributed by atoms with E-state index in [1.54, 1.807) is 7.11 Å². The Morgan fingerprint density at radius 2 is 2.00 bits per heavy atom. The Bertz CT molecular complexity index is 782. The van der Waals surface area contributed by atoms with Crippen LogP contribution in [0.2, 0.25) is 0 Å². The minimum Gasteiger partial charge on any atom is -0.497 e. The summed E-state index contributed by atoms with van der Waals surface area (Å²) in [6.45, 7) is 4.18. The van der Waals surface area contributed by atoms with Crippen LogP contribution in [0.4, 0.5) is 0 Å². The van der Waals surface area contributed by atoms with Crippen molar-refractivity contribution in [2.24, 2.45) is 0 Å². The number of hydrogen-bond acceptors (Lipinski definition) is 4. The molecule has 4 rings (SSSR count). The van der Waals surface area contributed by atoms with Gasteiger partial charge in [-0.1, -0.05) is 12.1 Å². The minimum atomic E-state index is 0.0699. The lowest BCUT2D eigenvalue weighted by Gasteiger charge is -2.37. The third kappa shape index (κ3) is 4.00. The summed E-state index contributed by atoms with van der Waals surface area (Å²) in [6.07, 6.45) is 5.95. The van der Waals surface area contributed by atoms with Crippen LogP contribution in [-0.2, 0) is 0 Å². The van der Waals surface area contributed by atoms with Crippen LogP contribution in [0.25, 0.3) is 11.3 Å². The first kappa shape index (κ1) is 18.0. The van der Waals surface area contributed by atoms with Crippen molar-refractivity contribution >= 4 is 5.91 Å². The van der Waals surface area contributed by atoms with Crippen LogP contribution in [0.1, 0.15) is 42.6 Å². The lowest BCUT2D eigenvalue weighted by atomic mass is 10.0. The van der Waals surface area contributed by atoms with Crippen molar-refractivity contribution in [3.05, 3.63) is 36.0 Å². The molecule has 6 heteroatoms. The molecule has 3 heterocycles. The van der Waals surface area contributed by atoms with E-state index >= 15 is 0 Å². The largest absolute Gasteiger partial charge is 0.497 e. The topological polar surface area (TPSA) is 61.5 Å². The summed E-state index contributed by atoms with van der Waals surface area (Å²) < 4.78 is 5.29. The highest BCUT2D eigenvalue weighted by Gasteiger charge is 2.30. The molecule has 2 aromatic rings. The van der Waals surface area contributed by atoms with Gasteiger partial charge in [0.2, 0.25) is 0 Å². The lowest BCUT2D eigenvalue weighted by molar-refractivity contribution is 0.0554. The average Bonchev–Trinajstić information content (AvgIpc) is 3.40. The lowest BCUT2D eigenvalue weighted by Crippen LogP contribution is -2.49. The van der Waals surface area contributed by atoms with E-state index in [4.69, 9.17) is 4.74 Å². The van der Waals surface area contributed by atoms with Gasteiger partial charge in [0.15, 0.2) is 0 Å². The first-order chi connectivity index (χ1) is 13.2. The van der Waals surface area contributed by atoms with Crippen LogP contribution < -0.4 is 4.74 Å². The number of rotatable bonds is 5. The van der Waals surface area contributed by atoms with Crippen molar-refractivity contribution in [3.63, 3.8) is 0 Å². The zero-order chi connectivity index (χ0) is 18.6. The summed E-state index contributed by atoms with van der Waals surface area (Å²) in [5.74, 6) is 0.852. The SMILES string of the molecule is COc1cccc(-c2cc(C(=O)N3CCCC[C@@H]3CN3CCCC3)[nH]n2)c1. The van der Waals surface area contributed by atoms with Gasteiger partial charge >= 0.3 is 0 Å². The second kappa shape index (κ2) is 8.13. The molecule has 1 amide bonds. The fourth-order valence-electron chi connectivity index (χ4n) is 4.24. The molecule has 0 aliphatic carbocycles. The number of nitrogens with zero attached hydrogens (tertiary/aromatic N) is 3. The average molecular weight is 368 g/mol. The number of likely N-dealkylation sites (tertiary alicyclic amines) is 2. The van der Waals surface area contributed by atoms with E-state index in [2.05, 4.69) is 20.0 Å². The molecule has 0 bridgehead atoms. The smallest absolute Gasteiger partial charge is 0.272 e. The Morgan fingerprint density at radius 1 is 1.19 bits per heavy atom. The number of ether oxygens (including phenoxy) is 1. The van der Waals surface area contributed by atoms with Crippen LogP contribution in [0.3, 0.4) is 0 Å². The number of nitrogens with one attached hydrogen (secondary N) is 1. The maximum atomic E-state index is 13.2. The van der Waals surface area contributed by atoms with Gasteiger partial charge in [-0.15, -0.1) is 0 Å². The van der Waals surface area contributed by atoms with Crippen molar-refractivity contribution < 1.29 is 9.53 Å². The number of aromatic nitrogens is 2. The van der Waals surface area contributed by atoms with Crippen LogP contribution in [0, 0.1) is 0 Å². The highest BCUT2D eigenvalue weighted by Crippen LogP contribution is 2.25. The van der Waals surface area contributed by atoms with Crippen molar-refractivity contribution in [1.82, 2.24) is 20.0 Å². The normalized spacial score (nSPS) is 20.8. The number of carbonyl (C=O) groups excluding carboxylic acids is 1. The van der Waals surface area contributed by atoms with Gasteiger partial charge < -0.3 is 14.5 Å². The molecule has 0 unspecified atom stereocenters. The van der Waals surface area contributed by atoms with Gasteiger partial charge in [-0.2, -0.15) is 5.10 Å². The predicted molar refractivity (Wildman–Crippen MR) is 105 cm³/mol. The number of carbonyl (C=O) groups is 1. The fraction of sp³-hybridized carbons (Fsp3) is 0.524. The van der Waals surface area contributed by atoms with Crippen molar-refractivity contribution in [2.75, 3.05) is 33.3 Å². The van der Waals surface area contributed by atoms with E-state index in [0.29, 0.717) is 11.7 Å². The molecule has 27 heavy (non-hydrogen) atoms. The summed E-state index contributed by atoms with van der Waals surface area (Å²) in [7, 11) is 1.65. The van der Waals surface area contributed by atoms with E-state index in [-0.39, 0.29) is 5.91 Å². The number of amides is 1. The molecule has 1 aromatic heterocycles. The standard InChI is InChI=1S/C21H28N4O2/c1-27-18-9-6-7-16(13-18)19-14-20(23-22-19)21(26)25-12-3-2-8-17(25)15-24-10-4-5-11-24/h6-7,9,13-14,17H,2-5,8,10-12,15H2,1H3,(H,22,23)/t17-/m1/s1. The molecule has 2 saturated heterocycles. The quantitative estimate of drug-likeness (QED) is 0.881. The Morgan fingerprint density at radius 3 is 2.81 bits per heavy atom. The highest BCUT2D eigenvalue weighted by molar-refractivity contribution is 5.93. The van der Waals surface area contributed by atoms with Gasteiger partial charge in [-0.25, -0.2) is 0 Å². The maximum absolute atomic E-state index is 13.2. The third-order valence-electron chi connectivity index (χ3n) is 5.73. The summed E-state index contributed by atoms with van der Waals surface area (Å²) in [5, 5.41) is 7.32. The van der Waals surface area contributed by atoms with Crippen molar-refractivity contribution in [3.8, 4) is 17.0 Å². The summed E-state index contributed by atoms with van der Waals surface area (Å²) in [5.41, 5.74) is 2.28. The Kier molecular flexibility index (Phi) is 5.43. The van der Waals surface area contributed by atoms with E-state index in [0.717, 1.165) is 42.9 Å². The highest BCUT2D eigenvalue weighted by atomic mass is 16.5. The monoisotopic (exact) mass is 368 g/mol. The molecular weight excluding hydrogens is 340 g/mol. The second-order valence-electron chi connectivity index (χ2n) is 7.55. The number of benzene rings is 1. The molecule has 2 aliphatic heterocycles. The summed E-state index contributed by atoms with van der Waals surface area (Å²) in [4.78, 5) is 17.7. The van der Waals surface area contributed by atoms with Gasteiger partial charge in [0.05, 0.1) is 12.8 Å². The molecule has 0 radical (unpaired) electrons. The second-order valence-corrected chi connectivity index (χ2v) is 7.55. The molecule has 0 saturated carbocycles. The Labute approximate surface area is 160 Å². The van der Waals surface area contributed by atoms with E-state index in [9.17, 15) is 4.79 Å². The molecule has 0 spiro atoms. The van der Waals surface area contributed by atoms with Crippen LogP contribution in [0.5, 0.6) is 5.75 Å². The number of hydrogen-bond donors (Lipinski definition) is 1. The minimum absolute atomic E-state index is 0.0699. The molecule has 2 aliphatic rings. The van der Waals surface area contributed by atoms with Gasteiger partial charge in [-0.05, 0) is 63.4 Å². The van der Waals surface area contributed by atoms with E-state index in [1.165, 1.54) is 32.4 Å². The third-order valence-corrected chi connectivity index (χ3v) is 5.73. The number of methoxy groups -OCH3 is 1. The van der Waals surface area contributed by atoms with Crippen LogP contribution in [-0.4, -0.2) is 65.2 Å². The summed E-state index contributed by atoms with van der Waals surface area (Å²) >= 11 is 0. The molecule has 6 nitrogen and oxygen atoms in total. The molecular formula is C21H28N4O2. The Hall–Kier alpha value is -2.34. The first-order valence-electron chi connectivity index (χ1n) is 9.98. The van der Waals surface area contributed by atoms with Gasteiger partial charge in [-0.3, -0.25) is 9.89 Å². The molecule has 1 N–H and O–H groups in total. The Balaban J connectivity index is 1.50. The van der Waals surface area contributed by atoms with Gasteiger partial charge in [0.25, 0.3) is 5.91 Å². The fourth-order valence-corrected chi connectivity index (χ4v) is 4.24. The molecule has 2 fully saturated rings. The molecule has 1 atom stereocenters. The molecule has 1 aromatic carbocycles. The number of H-pyrrole nitrogens is 1. The zero-order valence-electron chi connectivity index (χ0n) is 16.0. The maximum Gasteiger partial charge on any atom is 0.272 e. The number of piperidine rings is 1.